The van der Waals surface area contributed by atoms with Crippen molar-refractivity contribution in [1.29, 1.82) is 0 Å². The first kappa shape index (κ1) is 68.5. The summed E-state index contributed by atoms with van der Waals surface area (Å²) in [6.07, 6.45) is 74.3. The van der Waals surface area contributed by atoms with Gasteiger partial charge in [0, 0.05) is 36.6 Å². The number of rotatable bonds is 48. The molecular formula is C78H126N4O. The van der Waals surface area contributed by atoms with E-state index in [1.807, 2.05) is 0 Å². The quantitative estimate of drug-likeness (QED) is 0.0413. The maximum absolute atomic E-state index is 7.31. The predicted molar refractivity (Wildman–Crippen MR) is 358 cm³/mol. The molecule has 2 aromatic carbocycles. The van der Waals surface area contributed by atoms with Crippen molar-refractivity contribution in [1.82, 2.24) is 19.9 Å². The third-order valence-corrected chi connectivity index (χ3v) is 19.6. The molecule has 2 aliphatic carbocycles. The average Bonchev–Trinajstić information content (AvgIpc) is 3.61. The molecular weight excluding hydrogens is 1010 g/mol. The zero-order valence-corrected chi connectivity index (χ0v) is 54.6. The summed E-state index contributed by atoms with van der Waals surface area (Å²) >= 11 is 0. The van der Waals surface area contributed by atoms with Gasteiger partial charge in [0.1, 0.15) is 23.1 Å². The summed E-state index contributed by atoms with van der Waals surface area (Å²) in [6, 6.07) is 14.6. The summed E-state index contributed by atoms with van der Waals surface area (Å²) < 4.78 is 7.31. The van der Waals surface area contributed by atoms with Gasteiger partial charge in [-0.05, 0) is 173 Å². The monoisotopic (exact) mass is 1130 g/mol. The Kier molecular flexibility index (Phi) is 36.3. The van der Waals surface area contributed by atoms with Crippen LogP contribution >= 0.6 is 0 Å². The third kappa shape index (κ3) is 28.6. The Labute approximate surface area is 512 Å². The van der Waals surface area contributed by atoms with Crippen molar-refractivity contribution in [2.75, 3.05) is 0 Å². The molecule has 2 heterocycles. The van der Waals surface area contributed by atoms with Crippen molar-refractivity contribution in [3.63, 3.8) is 0 Å². The molecule has 0 saturated heterocycles. The van der Waals surface area contributed by atoms with Crippen molar-refractivity contribution in [3.05, 3.63) is 106 Å². The smallest absolute Gasteiger partial charge is 0.131 e. The summed E-state index contributed by atoms with van der Waals surface area (Å²) in [5, 5.41) is 0. The SMILES string of the molecule is CCCCCCCCCCCCc1cnc([C@H]2CC[C@H](Cc3cc(CCCCCCCCCC)ccc3Oc3ccc(CCCCCCCCCC)cc3C[C@H]3CC[C@H](c4ncc(CCCCCCCCCCCC)cn4)CC3)CC2)nc1. The molecule has 83 heavy (non-hydrogen) atoms. The van der Waals surface area contributed by atoms with E-state index in [-0.39, 0.29) is 0 Å². The van der Waals surface area contributed by atoms with Crippen molar-refractivity contribution in [2.24, 2.45) is 11.8 Å². The maximum Gasteiger partial charge on any atom is 0.131 e. The van der Waals surface area contributed by atoms with Gasteiger partial charge in [-0.25, -0.2) is 19.9 Å². The van der Waals surface area contributed by atoms with Gasteiger partial charge < -0.3 is 4.74 Å². The van der Waals surface area contributed by atoms with Crippen LogP contribution in [0, 0.1) is 11.8 Å². The minimum Gasteiger partial charge on any atom is -0.457 e. The second-order valence-electron chi connectivity index (χ2n) is 27.0. The summed E-state index contributed by atoms with van der Waals surface area (Å²) in [5.74, 6) is 6.57. The molecule has 2 aromatic heterocycles. The van der Waals surface area contributed by atoms with Crippen molar-refractivity contribution < 1.29 is 4.74 Å². The van der Waals surface area contributed by atoms with E-state index in [1.165, 1.54) is 316 Å². The average molecular weight is 1140 g/mol. The number of aryl methyl sites for hydroxylation is 4. The molecule has 464 valence electrons. The van der Waals surface area contributed by atoms with Gasteiger partial charge >= 0.3 is 0 Å². The van der Waals surface area contributed by atoms with Crippen LogP contribution in [0.25, 0.3) is 0 Å². The second kappa shape index (κ2) is 43.9. The van der Waals surface area contributed by atoms with E-state index in [2.05, 4.69) is 88.9 Å². The fraction of sp³-hybridized carbons (Fsp3) is 0.744. The highest BCUT2D eigenvalue weighted by Gasteiger charge is 2.28. The molecule has 0 amide bonds. The van der Waals surface area contributed by atoms with Crippen LogP contribution in [-0.2, 0) is 38.5 Å². The number of hydrogen-bond donors (Lipinski definition) is 0. The highest BCUT2D eigenvalue weighted by Crippen LogP contribution is 2.41. The normalized spacial score (nSPS) is 17.3. The maximum atomic E-state index is 7.31. The predicted octanol–water partition coefficient (Wildman–Crippen LogP) is 24.4. The zero-order valence-electron chi connectivity index (χ0n) is 54.6. The Hall–Kier alpha value is -3.60. The van der Waals surface area contributed by atoms with E-state index >= 15 is 0 Å². The molecule has 0 unspecified atom stereocenters. The molecule has 0 bridgehead atoms. The number of nitrogens with zero attached hydrogens (tertiary/aromatic N) is 4. The van der Waals surface area contributed by atoms with Crippen LogP contribution in [0.3, 0.4) is 0 Å². The minimum absolute atomic E-state index is 0.473. The lowest BCUT2D eigenvalue weighted by Crippen LogP contribution is -2.18. The van der Waals surface area contributed by atoms with Crippen LogP contribution in [0.4, 0.5) is 0 Å². The first-order valence-corrected chi connectivity index (χ1v) is 36.6. The van der Waals surface area contributed by atoms with Gasteiger partial charge in [0.2, 0.25) is 0 Å². The molecule has 2 aliphatic rings. The molecule has 0 atom stereocenters. The van der Waals surface area contributed by atoms with Crippen LogP contribution in [0.5, 0.6) is 11.5 Å². The Morgan fingerprint density at radius 1 is 0.301 bits per heavy atom. The lowest BCUT2D eigenvalue weighted by Gasteiger charge is -2.29. The molecule has 2 fully saturated rings. The van der Waals surface area contributed by atoms with E-state index < -0.39 is 0 Å². The lowest BCUT2D eigenvalue weighted by atomic mass is 9.78. The highest BCUT2D eigenvalue weighted by atomic mass is 16.5. The van der Waals surface area contributed by atoms with Crippen molar-refractivity contribution in [3.8, 4) is 11.5 Å². The van der Waals surface area contributed by atoms with Gasteiger partial charge in [-0.15, -0.1) is 0 Å². The first-order valence-electron chi connectivity index (χ1n) is 36.6. The number of benzene rings is 2. The fourth-order valence-corrected chi connectivity index (χ4v) is 14.1. The fourth-order valence-electron chi connectivity index (χ4n) is 14.1. The van der Waals surface area contributed by atoms with E-state index in [9.17, 15) is 0 Å². The van der Waals surface area contributed by atoms with Crippen molar-refractivity contribution >= 4 is 0 Å². The highest BCUT2D eigenvalue weighted by molar-refractivity contribution is 5.45. The Morgan fingerprint density at radius 3 is 0.831 bits per heavy atom. The number of aromatic nitrogens is 4. The minimum atomic E-state index is 0.473. The van der Waals surface area contributed by atoms with E-state index in [4.69, 9.17) is 24.7 Å². The summed E-state index contributed by atoms with van der Waals surface area (Å²) in [6.45, 7) is 9.25. The second-order valence-corrected chi connectivity index (χ2v) is 27.0. The molecule has 2 saturated carbocycles. The van der Waals surface area contributed by atoms with Gasteiger partial charge in [-0.3, -0.25) is 0 Å². The number of ether oxygens (including phenoxy) is 1. The Morgan fingerprint density at radius 2 is 0.554 bits per heavy atom. The summed E-state index contributed by atoms with van der Waals surface area (Å²) in [5.41, 5.74) is 8.45. The molecule has 5 nitrogen and oxygen atoms in total. The van der Waals surface area contributed by atoms with Gasteiger partial charge in [0.25, 0.3) is 0 Å². The number of unbranched alkanes of at least 4 members (excludes halogenated alkanes) is 32. The Balaban J connectivity index is 1.05. The van der Waals surface area contributed by atoms with Crippen molar-refractivity contribution in [2.45, 2.75) is 361 Å². The number of hydrogen-bond acceptors (Lipinski definition) is 5. The molecule has 4 aromatic rings. The molecule has 0 aliphatic heterocycles. The first-order chi connectivity index (χ1) is 41.0. The van der Waals surface area contributed by atoms with Gasteiger partial charge in [0.15, 0.2) is 0 Å². The van der Waals surface area contributed by atoms with Crippen LogP contribution < -0.4 is 4.74 Å². The summed E-state index contributed by atoms with van der Waals surface area (Å²) in [7, 11) is 0. The van der Waals surface area contributed by atoms with Crippen LogP contribution in [0.15, 0.2) is 61.2 Å². The zero-order chi connectivity index (χ0) is 58.0. The van der Waals surface area contributed by atoms with Crippen LogP contribution in [0.2, 0.25) is 0 Å². The van der Waals surface area contributed by atoms with Gasteiger partial charge in [-0.1, -0.05) is 257 Å². The lowest BCUT2D eigenvalue weighted by molar-refractivity contribution is 0.312. The molecule has 0 N–H and O–H groups in total. The van der Waals surface area contributed by atoms with E-state index in [0.717, 1.165) is 61.7 Å². The molecule has 6 rings (SSSR count). The van der Waals surface area contributed by atoms with Crippen LogP contribution in [0.1, 0.15) is 367 Å². The summed E-state index contributed by atoms with van der Waals surface area (Å²) in [4.78, 5) is 20.0. The molecule has 0 radical (unpaired) electrons. The Bertz CT molecular complexity index is 2030. The third-order valence-electron chi connectivity index (χ3n) is 19.6. The largest absolute Gasteiger partial charge is 0.457 e. The van der Waals surface area contributed by atoms with E-state index in [1.54, 1.807) is 0 Å². The standard InChI is InChI=1S/C78H126N4O/c1-5-9-13-17-21-25-27-31-35-39-43-69-61-79-77(80-62-69)71-51-45-67(46-52-71)59-73-57-65(41-37-33-29-23-19-15-11-7-3)49-55-75(73)83-76-56-50-66(42-38-34-30-24-20-16-12-8-4)58-74(76)60-68-47-53-72(54-48-68)78-81-63-70(64-82-78)44-40-36-32-28-26-22-18-14-10-6-2/h49-50,55-58,61-64,67-68,71-72H,5-48,51-54,59-60H2,1-4H3/t67-,68-,71-,72-. The van der Waals surface area contributed by atoms with Crippen LogP contribution in [-0.4, -0.2) is 19.9 Å². The molecule has 5 heteroatoms. The van der Waals surface area contributed by atoms with E-state index in [0.29, 0.717) is 23.7 Å². The topological polar surface area (TPSA) is 60.8 Å². The van der Waals surface area contributed by atoms with Gasteiger partial charge in [0.05, 0.1) is 0 Å². The van der Waals surface area contributed by atoms with Gasteiger partial charge in [-0.2, -0.15) is 0 Å². The molecule has 0 spiro atoms.